The van der Waals surface area contributed by atoms with E-state index < -0.39 is 0 Å². The molecule has 0 radical (unpaired) electrons. The lowest BCUT2D eigenvalue weighted by atomic mass is 10.3. The molecule has 1 aromatic carbocycles. The molecule has 1 rings (SSSR count). The fourth-order valence-corrected chi connectivity index (χ4v) is 2.37. The third kappa shape index (κ3) is 18.1. The predicted molar refractivity (Wildman–Crippen MR) is 122 cm³/mol. The summed E-state index contributed by atoms with van der Waals surface area (Å²) in [6.45, 7) is 11.4. The number of benzene rings is 1. The van der Waals surface area contributed by atoms with Gasteiger partial charge in [-0.1, -0.05) is 12.1 Å². The summed E-state index contributed by atoms with van der Waals surface area (Å²) in [5.41, 5.74) is 6.42. The van der Waals surface area contributed by atoms with Crippen molar-refractivity contribution >= 4 is 5.69 Å². The van der Waals surface area contributed by atoms with E-state index in [0.717, 1.165) is 0 Å². The first-order chi connectivity index (χ1) is 15.7. The van der Waals surface area contributed by atoms with E-state index in [-0.39, 0.29) is 6.10 Å². The molecule has 0 amide bonds. The zero-order valence-corrected chi connectivity index (χ0v) is 19.6. The second kappa shape index (κ2) is 21.4. The molecule has 0 aliphatic heterocycles. The zero-order chi connectivity index (χ0) is 23.1. The summed E-state index contributed by atoms with van der Waals surface area (Å²) in [5, 5.41) is 0. The standard InChI is InChI=1S/C23H41NO8/c1-21(2)31-19-17-29-15-13-27-11-9-25-7-8-26-10-12-28-14-16-30-18-20-32-23-6-4-3-5-22(23)24/h3-6,21H,7-20,24H2,1-2H3. The van der Waals surface area contributed by atoms with Crippen molar-refractivity contribution in [3.63, 3.8) is 0 Å². The first-order valence-electron chi connectivity index (χ1n) is 11.3. The molecule has 0 aromatic heterocycles. The van der Waals surface area contributed by atoms with Crippen LogP contribution in [0.1, 0.15) is 13.8 Å². The maximum Gasteiger partial charge on any atom is 0.142 e. The minimum atomic E-state index is 0.237. The van der Waals surface area contributed by atoms with Crippen molar-refractivity contribution in [1.29, 1.82) is 0 Å². The third-order valence-electron chi connectivity index (χ3n) is 3.94. The Morgan fingerprint density at radius 2 is 0.938 bits per heavy atom. The topological polar surface area (TPSA) is 99.9 Å². The first-order valence-corrected chi connectivity index (χ1v) is 11.3. The second-order valence-electron chi connectivity index (χ2n) is 6.98. The molecule has 0 unspecified atom stereocenters. The minimum absolute atomic E-state index is 0.237. The van der Waals surface area contributed by atoms with Gasteiger partial charge in [-0.15, -0.1) is 0 Å². The average molecular weight is 460 g/mol. The Morgan fingerprint density at radius 3 is 1.34 bits per heavy atom. The number of ether oxygens (including phenoxy) is 8. The summed E-state index contributed by atoms with van der Waals surface area (Å²) in [5.74, 6) is 0.675. The van der Waals surface area contributed by atoms with Gasteiger partial charge in [0.1, 0.15) is 12.4 Å². The van der Waals surface area contributed by atoms with Gasteiger partial charge in [0, 0.05) is 0 Å². The quantitative estimate of drug-likeness (QED) is 0.195. The number of para-hydroxylation sites is 2. The van der Waals surface area contributed by atoms with E-state index in [4.69, 9.17) is 43.6 Å². The van der Waals surface area contributed by atoms with Crippen LogP contribution in [0.3, 0.4) is 0 Å². The van der Waals surface area contributed by atoms with Gasteiger partial charge >= 0.3 is 0 Å². The number of rotatable bonds is 23. The predicted octanol–water partition coefficient (Wildman–Crippen LogP) is 2.17. The van der Waals surface area contributed by atoms with Gasteiger partial charge in [0.25, 0.3) is 0 Å². The summed E-state index contributed by atoms with van der Waals surface area (Å²) in [7, 11) is 0. The SMILES string of the molecule is CC(C)OCCOCCOCCOCCOCCOCCOCCOc1ccccc1N. The van der Waals surface area contributed by atoms with E-state index in [1.165, 1.54) is 0 Å². The van der Waals surface area contributed by atoms with Crippen molar-refractivity contribution in [3.05, 3.63) is 24.3 Å². The number of nitrogen functional groups attached to an aromatic ring is 1. The maximum atomic E-state index is 5.80. The first kappa shape index (κ1) is 28.6. The normalized spacial score (nSPS) is 11.3. The van der Waals surface area contributed by atoms with Gasteiger partial charge in [-0.05, 0) is 26.0 Å². The highest BCUT2D eigenvalue weighted by Gasteiger charge is 1.98. The lowest BCUT2D eigenvalue weighted by Crippen LogP contribution is -2.15. The molecule has 0 aliphatic rings. The third-order valence-corrected chi connectivity index (χ3v) is 3.94. The van der Waals surface area contributed by atoms with Gasteiger partial charge in [-0.2, -0.15) is 0 Å². The number of anilines is 1. The average Bonchev–Trinajstić information content (AvgIpc) is 2.78. The molecule has 0 bridgehead atoms. The summed E-state index contributed by atoms with van der Waals surface area (Å²) in [6.07, 6.45) is 0.237. The molecule has 0 fully saturated rings. The molecule has 0 spiro atoms. The summed E-state index contributed by atoms with van der Waals surface area (Å²) in [6, 6.07) is 7.39. The largest absolute Gasteiger partial charge is 0.489 e. The summed E-state index contributed by atoms with van der Waals surface area (Å²) >= 11 is 0. The molecule has 0 saturated carbocycles. The Morgan fingerprint density at radius 1 is 0.562 bits per heavy atom. The Balaban J connectivity index is 1.69. The van der Waals surface area contributed by atoms with Crippen molar-refractivity contribution in [2.24, 2.45) is 0 Å². The molecule has 0 heterocycles. The zero-order valence-electron chi connectivity index (χ0n) is 19.6. The lowest BCUT2D eigenvalue weighted by molar-refractivity contribution is -0.0242. The van der Waals surface area contributed by atoms with Crippen molar-refractivity contribution in [1.82, 2.24) is 0 Å². The molecule has 186 valence electrons. The Labute approximate surface area is 192 Å². The number of hydrogen-bond acceptors (Lipinski definition) is 9. The van der Waals surface area contributed by atoms with Gasteiger partial charge in [0.05, 0.1) is 97.7 Å². The molecular weight excluding hydrogens is 418 g/mol. The van der Waals surface area contributed by atoms with E-state index in [2.05, 4.69) is 0 Å². The fraction of sp³-hybridized carbons (Fsp3) is 0.739. The van der Waals surface area contributed by atoms with Crippen LogP contribution in [0, 0.1) is 0 Å². The van der Waals surface area contributed by atoms with E-state index in [9.17, 15) is 0 Å². The molecule has 0 atom stereocenters. The van der Waals surface area contributed by atoms with E-state index in [0.29, 0.717) is 104 Å². The van der Waals surface area contributed by atoms with Gasteiger partial charge in [-0.3, -0.25) is 0 Å². The van der Waals surface area contributed by atoms with E-state index in [1.807, 2.05) is 32.0 Å². The molecule has 1 aromatic rings. The van der Waals surface area contributed by atoms with E-state index >= 15 is 0 Å². The summed E-state index contributed by atoms with van der Waals surface area (Å²) in [4.78, 5) is 0. The molecule has 2 N–H and O–H groups in total. The van der Waals surface area contributed by atoms with Crippen LogP contribution in [0.2, 0.25) is 0 Å². The van der Waals surface area contributed by atoms with Crippen LogP contribution in [-0.2, 0) is 33.2 Å². The number of hydrogen-bond donors (Lipinski definition) is 1. The van der Waals surface area contributed by atoms with Crippen LogP contribution in [0.25, 0.3) is 0 Å². The highest BCUT2D eigenvalue weighted by atomic mass is 16.6. The van der Waals surface area contributed by atoms with E-state index in [1.54, 1.807) is 6.07 Å². The molecule has 0 aliphatic carbocycles. The summed E-state index contributed by atoms with van der Waals surface area (Å²) < 4.78 is 43.5. The van der Waals surface area contributed by atoms with Crippen LogP contribution in [0.15, 0.2) is 24.3 Å². The van der Waals surface area contributed by atoms with Crippen molar-refractivity contribution in [2.75, 3.05) is 98.2 Å². The van der Waals surface area contributed by atoms with Crippen LogP contribution in [0.4, 0.5) is 5.69 Å². The van der Waals surface area contributed by atoms with Crippen LogP contribution in [0.5, 0.6) is 5.75 Å². The number of nitrogens with two attached hydrogens (primary N) is 1. The highest BCUT2D eigenvalue weighted by Crippen LogP contribution is 2.19. The van der Waals surface area contributed by atoms with Crippen molar-refractivity contribution in [2.45, 2.75) is 20.0 Å². The van der Waals surface area contributed by atoms with Gasteiger partial charge in [0.15, 0.2) is 0 Å². The molecule has 9 heteroatoms. The van der Waals surface area contributed by atoms with Crippen LogP contribution in [-0.4, -0.2) is 98.6 Å². The molecule has 9 nitrogen and oxygen atoms in total. The van der Waals surface area contributed by atoms with Gasteiger partial charge in [0.2, 0.25) is 0 Å². The minimum Gasteiger partial charge on any atom is -0.489 e. The van der Waals surface area contributed by atoms with Crippen molar-refractivity contribution < 1.29 is 37.9 Å². The Bertz CT molecular complexity index is 532. The second-order valence-corrected chi connectivity index (χ2v) is 6.98. The lowest BCUT2D eigenvalue weighted by Gasteiger charge is -2.10. The monoisotopic (exact) mass is 459 g/mol. The maximum absolute atomic E-state index is 5.80. The fourth-order valence-electron chi connectivity index (χ4n) is 2.37. The molecular formula is C23H41NO8. The Hall–Kier alpha value is -1.46. The van der Waals surface area contributed by atoms with Crippen molar-refractivity contribution in [3.8, 4) is 5.75 Å². The Kier molecular flexibility index (Phi) is 19.1. The smallest absolute Gasteiger partial charge is 0.142 e. The highest BCUT2D eigenvalue weighted by molar-refractivity contribution is 5.51. The van der Waals surface area contributed by atoms with Gasteiger partial charge < -0.3 is 43.6 Å². The molecule has 0 saturated heterocycles. The van der Waals surface area contributed by atoms with Crippen LogP contribution < -0.4 is 10.5 Å². The van der Waals surface area contributed by atoms with Gasteiger partial charge in [-0.25, -0.2) is 0 Å². The molecule has 32 heavy (non-hydrogen) atoms. The van der Waals surface area contributed by atoms with Crippen LogP contribution >= 0.6 is 0 Å².